The Morgan fingerprint density at radius 1 is 1.32 bits per heavy atom. The van der Waals surface area contributed by atoms with E-state index in [0.717, 1.165) is 32.2 Å². The fourth-order valence-corrected chi connectivity index (χ4v) is 3.01. The van der Waals surface area contributed by atoms with E-state index in [2.05, 4.69) is 5.32 Å². The van der Waals surface area contributed by atoms with E-state index in [1.54, 1.807) is 7.11 Å². The third-order valence-corrected chi connectivity index (χ3v) is 3.90. The first kappa shape index (κ1) is 16.4. The van der Waals surface area contributed by atoms with Crippen LogP contribution in [-0.2, 0) is 19.0 Å². The second kappa shape index (κ2) is 8.51. The van der Waals surface area contributed by atoms with Gasteiger partial charge in [0.25, 0.3) is 0 Å². The van der Waals surface area contributed by atoms with Gasteiger partial charge < -0.3 is 19.5 Å². The minimum absolute atomic E-state index is 0.131. The van der Waals surface area contributed by atoms with Crippen LogP contribution in [0.5, 0.6) is 0 Å². The van der Waals surface area contributed by atoms with Gasteiger partial charge >= 0.3 is 5.97 Å². The maximum Gasteiger partial charge on any atom is 0.326 e. The van der Waals surface area contributed by atoms with Gasteiger partial charge in [-0.05, 0) is 31.7 Å². The Morgan fingerprint density at radius 2 is 2.11 bits per heavy atom. The van der Waals surface area contributed by atoms with Gasteiger partial charge in [0.1, 0.15) is 5.54 Å². The normalized spacial score (nSPS) is 26.6. The summed E-state index contributed by atoms with van der Waals surface area (Å²) in [6, 6.07) is 0. The number of esters is 1. The van der Waals surface area contributed by atoms with Gasteiger partial charge in [-0.25, -0.2) is 0 Å². The van der Waals surface area contributed by atoms with Crippen LogP contribution < -0.4 is 5.32 Å². The van der Waals surface area contributed by atoms with E-state index >= 15 is 0 Å². The molecule has 0 amide bonds. The Labute approximate surface area is 116 Å². The fourth-order valence-electron chi connectivity index (χ4n) is 3.01. The van der Waals surface area contributed by atoms with Crippen LogP contribution in [0.2, 0.25) is 0 Å². The maximum absolute atomic E-state index is 12.1. The lowest BCUT2D eigenvalue weighted by Gasteiger charge is -2.33. The lowest BCUT2D eigenvalue weighted by atomic mass is 9.84. The van der Waals surface area contributed by atoms with Crippen molar-refractivity contribution < 1.29 is 19.0 Å². The zero-order valence-corrected chi connectivity index (χ0v) is 12.4. The molecule has 0 aliphatic heterocycles. The van der Waals surface area contributed by atoms with Crippen molar-refractivity contribution in [1.29, 1.82) is 0 Å². The summed E-state index contributed by atoms with van der Waals surface area (Å²) in [4.78, 5) is 12.1. The molecule has 19 heavy (non-hydrogen) atoms. The molecule has 1 rings (SSSR count). The number of carbonyl (C=O) groups is 1. The highest BCUT2D eigenvalue weighted by Gasteiger charge is 2.48. The van der Waals surface area contributed by atoms with E-state index < -0.39 is 5.54 Å². The van der Waals surface area contributed by atoms with Crippen molar-refractivity contribution in [3.05, 3.63) is 0 Å². The van der Waals surface area contributed by atoms with Gasteiger partial charge in [-0.15, -0.1) is 0 Å². The van der Waals surface area contributed by atoms with Gasteiger partial charge in [0, 0.05) is 13.7 Å². The zero-order valence-electron chi connectivity index (χ0n) is 12.4. The molecule has 5 nitrogen and oxygen atoms in total. The smallest absolute Gasteiger partial charge is 0.326 e. The SMILES string of the molecule is CCNC1(C(=O)OC)CCCC1CCOCCOC. The molecule has 0 aromatic heterocycles. The van der Waals surface area contributed by atoms with Crippen LogP contribution in [0.3, 0.4) is 0 Å². The van der Waals surface area contributed by atoms with Gasteiger partial charge in [0.15, 0.2) is 0 Å². The molecule has 0 spiro atoms. The summed E-state index contributed by atoms with van der Waals surface area (Å²) in [6.07, 6.45) is 3.85. The van der Waals surface area contributed by atoms with Crippen LogP contribution in [0.15, 0.2) is 0 Å². The summed E-state index contributed by atoms with van der Waals surface area (Å²) < 4.78 is 15.5. The van der Waals surface area contributed by atoms with Crippen molar-refractivity contribution in [3.8, 4) is 0 Å². The Balaban J connectivity index is 2.51. The molecule has 1 aliphatic carbocycles. The summed E-state index contributed by atoms with van der Waals surface area (Å²) in [5.41, 5.74) is -0.506. The van der Waals surface area contributed by atoms with Gasteiger partial charge in [-0.3, -0.25) is 4.79 Å². The molecule has 0 radical (unpaired) electrons. The Morgan fingerprint density at radius 3 is 2.74 bits per heavy atom. The molecule has 0 aromatic carbocycles. The largest absolute Gasteiger partial charge is 0.468 e. The average Bonchev–Trinajstić information content (AvgIpc) is 2.82. The molecule has 1 N–H and O–H groups in total. The van der Waals surface area contributed by atoms with Crippen molar-refractivity contribution in [2.24, 2.45) is 5.92 Å². The zero-order chi connectivity index (χ0) is 14.1. The van der Waals surface area contributed by atoms with Crippen molar-refractivity contribution in [1.82, 2.24) is 5.32 Å². The first-order chi connectivity index (χ1) is 9.21. The van der Waals surface area contributed by atoms with E-state index in [1.165, 1.54) is 7.11 Å². The fraction of sp³-hybridized carbons (Fsp3) is 0.929. The van der Waals surface area contributed by atoms with E-state index in [-0.39, 0.29) is 5.97 Å². The maximum atomic E-state index is 12.1. The van der Waals surface area contributed by atoms with Gasteiger partial charge in [0.05, 0.1) is 20.3 Å². The highest BCUT2D eigenvalue weighted by molar-refractivity contribution is 5.81. The molecule has 112 valence electrons. The molecule has 1 fully saturated rings. The molecular formula is C14H27NO4. The van der Waals surface area contributed by atoms with E-state index in [1.807, 2.05) is 6.92 Å². The predicted molar refractivity (Wildman–Crippen MR) is 73.1 cm³/mol. The first-order valence-electron chi connectivity index (χ1n) is 7.11. The van der Waals surface area contributed by atoms with E-state index in [9.17, 15) is 4.79 Å². The van der Waals surface area contributed by atoms with Crippen LogP contribution >= 0.6 is 0 Å². The molecule has 2 unspecified atom stereocenters. The minimum atomic E-state index is -0.506. The molecule has 0 aromatic rings. The standard InChI is InChI=1S/C14H27NO4/c1-4-15-14(13(16)18-3)8-5-6-12(14)7-9-19-11-10-17-2/h12,15H,4-11H2,1-3H3. The van der Waals surface area contributed by atoms with E-state index in [4.69, 9.17) is 14.2 Å². The van der Waals surface area contributed by atoms with Gasteiger partial charge in [0.2, 0.25) is 0 Å². The topological polar surface area (TPSA) is 56.8 Å². The number of hydrogen-bond acceptors (Lipinski definition) is 5. The third kappa shape index (κ3) is 4.16. The third-order valence-electron chi connectivity index (χ3n) is 3.90. The molecule has 2 atom stereocenters. The van der Waals surface area contributed by atoms with Crippen LogP contribution in [0, 0.1) is 5.92 Å². The molecule has 0 heterocycles. The van der Waals surface area contributed by atoms with Crippen molar-refractivity contribution in [2.75, 3.05) is 40.6 Å². The van der Waals surface area contributed by atoms with Crippen molar-refractivity contribution >= 4 is 5.97 Å². The van der Waals surface area contributed by atoms with E-state index in [0.29, 0.717) is 25.7 Å². The summed E-state index contributed by atoms with van der Waals surface area (Å²) in [5.74, 6) is 0.163. The van der Waals surface area contributed by atoms with Gasteiger partial charge in [-0.1, -0.05) is 13.3 Å². The number of ether oxygens (including phenoxy) is 3. The number of methoxy groups -OCH3 is 2. The number of nitrogens with one attached hydrogen (secondary N) is 1. The number of rotatable bonds is 9. The predicted octanol–water partition coefficient (Wildman–Crippen LogP) is 1.36. The van der Waals surface area contributed by atoms with Crippen LogP contribution in [0.25, 0.3) is 0 Å². The minimum Gasteiger partial charge on any atom is -0.468 e. The number of carbonyl (C=O) groups excluding carboxylic acids is 1. The van der Waals surface area contributed by atoms with Crippen molar-refractivity contribution in [3.63, 3.8) is 0 Å². The van der Waals surface area contributed by atoms with Crippen LogP contribution in [0.1, 0.15) is 32.6 Å². The average molecular weight is 273 g/mol. The Kier molecular flexibility index (Phi) is 7.34. The van der Waals surface area contributed by atoms with Gasteiger partial charge in [-0.2, -0.15) is 0 Å². The summed E-state index contributed by atoms with van der Waals surface area (Å²) in [6.45, 7) is 4.68. The second-order valence-corrected chi connectivity index (χ2v) is 4.98. The lowest BCUT2D eigenvalue weighted by Crippen LogP contribution is -2.55. The van der Waals surface area contributed by atoms with Crippen LogP contribution in [0.4, 0.5) is 0 Å². The number of hydrogen-bond donors (Lipinski definition) is 1. The molecule has 1 aliphatic rings. The highest BCUT2D eigenvalue weighted by Crippen LogP contribution is 2.38. The second-order valence-electron chi connectivity index (χ2n) is 4.98. The Hall–Kier alpha value is -0.650. The van der Waals surface area contributed by atoms with Crippen molar-refractivity contribution in [2.45, 2.75) is 38.1 Å². The molecule has 1 saturated carbocycles. The van der Waals surface area contributed by atoms with Crippen LogP contribution in [-0.4, -0.2) is 52.1 Å². The summed E-state index contributed by atoms with van der Waals surface area (Å²) >= 11 is 0. The lowest BCUT2D eigenvalue weighted by molar-refractivity contribution is -0.150. The quantitative estimate of drug-likeness (QED) is 0.508. The monoisotopic (exact) mass is 273 g/mol. The summed E-state index contributed by atoms with van der Waals surface area (Å²) in [5, 5.41) is 3.36. The first-order valence-corrected chi connectivity index (χ1v) is 7.11. The number of likely N-dealkylation sites (N-methyl/N-ethyl adjacent to an activating group) is 1. The molecule has 0 bridgehead atoms. The molecule has 0 saturated heterocycles. The summed E-state index contributed by atoms with van der Waals surface area (Å²) in [7, 11) is 3.12. The molecular weight excluding hydrogens is 246 g/mol. The highest BCUT2D eigenvalue weighted by atomic mass is 16.5. The Bertz CT molecular complexity index is 272. The molecule has 5 heteroatoms.